The van der Waals surface area contributed by atoms with Crippen LogP contribution in [0, 0.1) is 5.41 Å². The molecule has 3 nitrogen and oxygen atoms in total. The third-order valence-corrected chi connectivity index (χ3v) is 4.62. The molecule has 1 amide bonds. The molecule has 4 heteroatoms. The van der Waals surface area contributed by atoms with E-state index in [1.807, 2.05) is 18.2 Å². The number of aliphatic hydroxyl groups is 1. The number of aliphatic hydroxyl groups excluding tert-OH is 1. The summed E-state index contributed by atoms with van der Waals surface area (Å²) in [6.45, 7) is 4.72. The van der Waals surface area contributed by atoms with Gasteiger partial charge in [0, 0.05) is 16.4 Å². The van der Waals surface area contributed by atoms with Gasteiger partial charge in [0.05, 0.1) is 12.0 Å². The third-order valence-electron chi connectivity index (χ3n) is 3.93. The number of rotatable bonds is 5. The summed E-state index contributed by atoms with van der Waals surface area (Å²) in [5.74, 6) is -0.0184. The minimum atomic E-state index is -0.496. The van der Waals surface area contributed by atoms with Gasteiger partial charge in [-0.3, -0.25) is 4.79 Å². The maximum absolute atomic E-state index is 12.0. The molecule has 0 spiro atoms. The van der Waals surface area contributed by atoms with Crippen LogP contribution in [0.1, 0.15) is 32.3 Å². The highest BCUT2D eigenvalue weighted by Gasteiger charge is 2.49. The molecular formula is C15H20BrNO2. The second-order valence-corrected chi connectivity index (χ2v) is 6.84. The summed E-state index contributed by atoms with van der Waals surface area (Å²) in [5, 5.41) is 12.2. The van der Waals surface area contributed by atoms with Gasteiger partial charge in [-0.05, 0) is 24.5 Å². The fourth-order valence-corrected chi connectivity index (χ4v) is 3.02. The zero-order valence-electron chi connectivity index (χ0n) is 11.4. The van der Waals surface area contributed by atoms with Crippen LogP contribution < -0.4 is 5.32 Å². The summed E-state index contributed by atoms with van der Waals surface area (Å²) in [6, 6.07) is 8.05. The van der Waals surface area contributed by atoms with Gasteiger partial charge in [-0.15, -0.1) is 0 Å². The smallest absolute Gasteiger partial charge is 0.228 e. The van der Waals surface area contributed by atoms with Crippen LogP contribution in [0.4, 0.5) is 0 Å². The number of halogens is 1. The van der Waals surface area contributed by atoms with Gasteiger partial charge in [0.15, 0.2) is 0 Å². The van der Waals surface area contributed by atoms with Crippen molar-refractivity contribution in [2.75, 3.05) is 13.2 Å². The van der Waals surface area contributed by atoms with E-state index in [0.29, 0.717) is 6.54 Å². The van der Waals surface area contributed by atoms with Crippen LogP contribution in [0.15, 0.2) is 28.7 Å². The van der Waals surface area contributed by atoms with E-state index in [2.05, 4.69) is 41.2 Å². The highest BCUT2D eigenvalue weighted by molar-refractivity contribution is 9.10. The quantitative estimate of drug-likeness (QED) is 0.874. The standard InChI is InChI=1S/C15H20BrNO2/c1-14(2,11-5-3-4-6-12(11)16)9-17-13(19)15(10-18)7-8-15/h3-6,18H,7-10H2,1-2H3,(H,17,19). The molecule has 0 saturated heterocycles. The first kappa shape index (κ1) is 14.5. The molecule has 0 radical (unpaired) electrons. The molecule has 0 aliphatic heterocycles. The predicted molar refractivity (Wildman–Crippen MR) is 78.9 cm³/mol. The zero-order valence-corrected chi connectivity index (χ0v) is 13.0. The normalized spacial score (nSPS) is 17.1. The van der Waals surface area contributed by atoms with Crippen molar-refractivity contribution in [2.24, 2.45) is 5.41 Å². The average molecular weight is 326 g/mol. The summed E-state index contributed by atoms with van der Waals surface area (Å²) < 4.78 is 1.05. The monoisotopic (exact) mass is 325 g/mol. The second-order valence-electron chi connectivity index (χ2n) is 5.98. The highest BCUT2D eigenvalue weighted by Crippen LogP contribution is 2.45. The molecule has 104 valence electrons. The van der Waals surface area contributed by atoms with Crippen molar-refractivity contribution in [1.82, 2.24) is 5.32 Å². The summed E-state index contributed by atoms with van der Waals surface area (Å²) in [6.07, 6.45) is 1.59. The number of carbonyl (C=O) groups excluding carboxylic acids is 1. The third kappa shape index (κ3) is 3.00. The molecule has 1 aliphatic carbocycles. The lowest BCUT2D eigenvalue weighted by Crippen LogP contribution is -2.41. The Bertz CT molecular complexity index is 481. The predicted octanol–water partition coefficient (Wildman–Crippen LogP) is 2.62. The summed E-state index contributed by atoms with van der Waals surface area (Å²) >= 11 is 3.55. The van der Waals surface area contributed by atoms with Crippen molar-refractivity contribution in [2.45, 2.75) is 32.1 Å². The molecule has 19 heavy (non-hydrogen) atoms. The summed E-state index contributed by atoms with van der Waals surface area (Å²) in [4.78, 5) is 12.0. The van der Waals surface area contributed by atoms with Gasteiger partial charge in [0.2, 0.25) is 5.91 Å². The Kier molecular flexibility index (Phi) is 4.02. The molecule has 0 unspecified atom stereocenters. The Morgan fingerprint density at radius 1 is 1.42 bits per heavy atom. The van der Waals surface area contributed by atoms with Crippen molar-refractivity contribution >= 4 is 21.8 Å². The van der Waals surface area contributed by atoms with Crippen LogP contribution >= 0.6 is 15.9 Å². The number of nitrogens with one attached hydrogen (secondary N) is 1. The molecule has 1 saturated carbocycles. The number of benzene rings is 1. The van der Waals surface area contributed by atoms with E-state index in [4.69, 9.17) is 0 Å². The van der Waals surface area contributed by atoms with E-state index in [9.17, 15) is 9.90 Å². The van der Waals surface area contributed by atoms with E-state index in [-0.39, 0.29) is 17.9 Å². The van der Waals surface area contributed by atoms with Crippen molar-refractivity contribution < 1.29 is 9.90 Å². The number of amides is 1. The summed E-state index contributed by atoms with van der Waals surface area (Å²) in [7, 11) is 0. The molecule has 2 N–H and O–H groups in total. The first-order valence-electron chi connectivity index (χ1n) is 6.55. The van der Waals surface area contributed by atoms with Crippen molar-refractivity contribution in [3.63, 3.8) is 0 Å². The molecule has 1 aromatic carbocycles. The van der Waals surface area contributed by atoms with Crippen LogP contribution in [0.3, 0.4) is 0 Å². The van der Waals surface area contributed by atoms with E-state index in [1.165, 1.54) is 5.56 Å². The lowest BCUT2D eigenvalue weighted by Gasteiger charge is -2.27. The maximum atomic E-state index is 12.0. The van der Waals surface area contributed by atoms with Crippen LogP contribution in [0.5, 0.6) is 0 Å². The van der Waals surface area contributed by atoms with Gasteiger partial charge >= 0.3 is 0 Å². The summed E-state index contributed by atoms with van der Waals surface area (Å²) in [5.41, 5.74) is 0.523. The van der Waals surface area contributed by atoms with Gasteiger partial charge in [-0.1, -0.05) is 48.0 Å². The van der Waals surface area contributed by atoms with Crippen molar-refractivity contribution in [3.05, 3.63) is 34.3 Å². The largest absolute Gasteiger partial charge is 0.395 e. The lowest BCUT2D eigenvalue weighted by molar-refractivity contribution is -0.127. The van der Waals surface area contributed by atoms with Crippen molar-refractivity contribution in [1.29, 1.82) is 0 Å². The van der Waals surface area contributed by atoms with Gasteiger partial charge in [0.1, 0.15) is 0 Å². The van der Waals surface area contributed by atoms with E-state index >= 15 is 0 Å². The Morgan fingerprint density at radius 3 is 2.58 bits per heavy atom. The minimum Gasteiger partial charge on any atom is -0.395 e. The molecular weight excluding hydrogens is 306 g/mol. The molecule has 0 bridgehead atoms. The van der Waals surface area contributed by atoms with Crippen molar-refractivity contribution in [3.8, 4) is 0 Å². The first-order chi connectivity index (χ1) is 8.91. The molecule has 1 fully saturated rings. The van der Waals surface area contributed by atoms with Gasteiger partial charge in [-0.2, -0.15) is 0 Å². The lowest BCUT2D eigenvalue weighted by atomic mass is 9.84. The molecule has 0 heterocycles. The minimum absolute atomic E-state index is 0.0184. The Balaban J connectivity index is 2.02. The van der Waals surface area contributed by atoms with Crippen LogP contribution in [-0.4, -0.2) is 24.2 Å². The Morgan fingerprint density at radius 2 is 2.05 bits per heavy atom. The van der Waals surface area contributed by atoms with Gasteiger partial charge in [-0.25, -0.2) is 0 Å². The van der Waals surface area contributed by atoms with Crippen LogP contribution in [0.25, 0.3) is 0 Å². The second kappa shape index (κ2) is 5.25. The van der Waals surface area contributed by atoms with Crippen LogP contribution in [-0.2, 0) is 10.2 Å². The number of carbonyl (C=O) groups is 1. The van der Waals surface area contributed by atoms with E-state index < -0.39 is 5.41 Å². The Labute approximate surface area is 122 Å². The Hall–Kier alpha value is -0.870. The zero-order chi connectivity index (χ0) is 14.1. The SMILES string of the molecule is CC(C)(CNC(=O)C1(CO)CC1)c1ccccc1Br. The molecule has 1 aromatic rings. The maximum Gasteiger partial charge on any atom is 0.228 e. The average Bonchev–Trinajstić information content (AvgIpc) is 3.17. The number of hydrogen-bond donors (Lipinski definition) is 2. The molecule has 2 rings (SSSR count). The van der Waals surface area contributed by atoms with Gasteiger partial charge < -0.3 is 10.4 Å². The fraction of sp³-hybridized carbons (Fsp3) is 0.533. The van der Waals surface area contributed by atoms with Gasteiger partial charge in [0.25, 0.3) is 0 Å². The fourth-order valence-electron chi connectivity index (χ4n) is 2.20. The van der Waals surface area contributed by atoms with E-state index in [1.54, 1.807) is 0 Å². The molecule has 0 aromatic heterocycles. The first-order valence-corrected chi connectivity index (χ1v) is 7.35. The number of hydrogen-bond acceptors (Lipinski definition) is 2. The molecule has 1 aliphatic rings. The topological polar surface area (TPSA) is 49.3 Å². The highest BCUT2D eigenvalue weighted by atomic mass is 79.9. The molecule has 0 atom stereocenters. The van der Waals surface area contributed by atoms with Crippen LogP contribution in [0.2, 0.25) is 0 Å². The van der Waals surface area contributed by atoms with E-state index in [0.717, 1.165) is 17.3 Å².